The Labute approximate surface area is 226 Å². The first kappa shape index (κ1) is 24.6. The predicted octanol–water partition coefficient (Wildman–Crippen LogP) is 6.04. The Hall–Kier alpha value is -4.71. The van der Waals surface area contributed by atoms with Gasteiger partial charge < -0.3 is 15.2 Å². The summed E-state index contributed by atoms with van der Waals surface area (Å²) in [7, 11) is 0. The summed E-state index contributed by atoms with van der Waals surface area (Å²) in [4.78, 5) is 38.0. The SMILES string of the molecule is O=C1CCc2ccc(-c3cccc(OC(=O)[C@H]4[C@H](c5ccccc5)[C@@H](C(=O)O)[C@H]4c4ccccc4)c3)cc2N1. The van der Waals surface area contributed by atoms with Crippen LogP contribution in [0.4, 0.5) is 5.69 Å². The lowest BCUT2D eigenvalue weighted by atomic mass is 9.52. The van der Waals surface area contributed by atoms with Crippen molar-refractivity contribution in [1.82, 2.24) is 0 Å². The summed E-state index contributed by atoms with van der Waals surface area (Å²) in [6.45, 7) is 0. The Kier molecular flexibility index (Phi) is 6.45. The molecule has 0 radical (unpaired) electrons. The highest BCUT2D eigenvalue weighted by Crippen LogP contribution is 2.58. The first-order chi connectivity index (χ1) is 19.0. The summed E-state index contributed by atoms with van der Waals surface area (Å²) in [5.74, 6) is -3.40. The van der Waals surface area contributed by atoms with Crippen LogP contribution in [0.3, 0.4) is 0 Å². The molecule has 4 aromatic carbocycles. The van der Waals surface area contributed by atoms with Crippen LogP contribution >= 0.6 is 0 Å². The van der Waals surface area contributed by atoms with Crippen molar-refractivity contribution < 1.29 is 24.2 Å². The first-order valence-electron chi connectivity index (χ1n) is 13.1. The van der Waals surface area contributed by atoms with E-state index < -0.39 is 35.6 Å². The van der Waals surface area contributed by atoms with E-state index in [0.717, 1.165) is 33.5 Å². The van der Waals surface area contributed by atoms with Crippen LogP contribution in [0.5, 0.6) is 5.75 Å². The average molecular weight is 518 g/mol. The van der Waals surface area contributed by atoms with Crippen LogP contribution < -0.4 is 10.1 Å². The number of ether oxygens (including phenoxy) is 1. The molecule has 39 heavy (non-hydrogen) atoms. The lowest BCUT2D eigenvalue weighted by Gasteiger charge is -2.48. The molecule has 0 bridgehead atoms. The number of carbonyl (C=O) groups is 3. The maximum absolute atomic E-state index is 13.7. The van der Waals surface area contributed by atoms with Crippen molar-refractivity contribution in [2.75, 3.05) is 5.32 Å². The number of fused-ring (bicyclic) bond motifs is 1. The van der Waals surface area contributed by atoms with Crippen molar-refractivity contribution in [2.24, 2.45) is 11.8 Å². The number of nitrogens with one attached hydrogen (secondary N) is 1. The zero-order valence-corrected chi connectivity index (χ0v) is 21.1. The zero-order valence-electron chi connectivity index (χ0n) is 21.1. The average Bonchev–Trinajstić information content (AvgIpc) is 2.93. The molecule has 6 rings (SSSR count). The molecule has 6 heteroatoms. The second kappa shape index (κ2) is 10.2. The van der Waals surface area contributed by atoms with Gasteiger partial charge >= 0.3 is 11.9 Å². The molecule has 1 fully saturated rings. The standard InChI is InChI=1S/C33H27NO5/c35-27-17-16-20-14-15-24(19-26(20)34-27)23-12-7-13-25(18-23)39-33(38)31-28(21-8-3-1-4-9-21)30(32(36)37)29(31)22-10-5-2-6-11-22/h1-15,18-19,28-31H,16-17H2,(H,34,35)(H,36,37)/t28-,29-,30-,31+/m1/s1. The monoisotopic (exact) mass is 517 g/mol. The van der Waals surface area contributed by atoms with E-state index in [-0.39, 0.29) is 5.91 Å². The highest BCUT2D eigenvalue weighted by Gasteiger charge is 2.59. The number of benzene rings is 4. The van der Waals surface area contributed by atoms with E-state index in [4.69, 9.17) is 4.74 Å². The molecule has 2 N–H and O–H groups in total. The number of amides is 1. The number of carbonyl (C=O) groups excluding carboxylic acids is 2. The number of rotatable bonds is 6. The molecule has 0 aromatic heterocycles. The number of carboxylic acids is 1. The molecule has 0 spiro atoms. The third-order valence-corrected chi connectivity index (χ3v) is 7.87. The van der Waals surface area contributed by atoms with E-state index in [1.165, 1.54) is 0 Å². The second-order valence-corrected chi connectivity index (χ2v) is 10.1. The Balaban J connectivity index is 1.31. The number of aryl methyl sites for hydroxylation is 1. The van der Waals surface area contributed by atoms with Crippen LogP contribution in [-0.4, -0.2) is 23.0 Å². The fourth-order valence-corrected chi connectivity index (χ4v) is 6.00. The van der Waals surface area contributed by atoms with Crippen LogP contribution in [0, 0.1) is 11.8 Å². The zero-order chi connectivity index (χ0) is 26.9. The molecule has 6 nitrogen and oxygen atoms in total. The van der Waals surface area contributed by atoms with Crippen molar-refractivity contribution in [2.45, 2.75) is 24.7 Å². The first-order valence-corrected chi connectivity index (χ1v) is 13.1. The van der Waals surface area contributed by atoms with E-state index in [0.29, 0.717) is 18.6 Å². The summed E-state index contributed by atoms with van der Waals surface area (Å²) < 4.78 is 5.94. The van der Waals surface area contributed by atoms with Crippen molar-refractivity contribution >= 4 is 23.5 Å². The summed E-state index contributed by atoms with van der Waals surface area (Å²) in [5.41, 5.74) is 5.26. The number of hydrogen-bond donors (Lipinski definition) is 2. The van der Waals surface area contributed by atoms with Gasteiger partial charge in [0.1, 0.15) is 5.75 Å². The van der Waals surface area contributed by atoms with Gasteiger partial charge in [0.15, 0.2) is 0 Å². The van der Waals surface area contributed by atoms with E-state index in [1.54, 1.807) is 12.1 Å². The van der Waals surface area contributed by atoms with Gasteiger partial charge in [-0.3, -0.25) is 14.4 Å². The minimum Gasteiger partial charge on any atom is -0.481 e. The van der Waals surface area contributed by atoms with Gasteiger partial charge in [0.25, 0.3) is 0 Å². The van der Waals surface area contributed by atoms with E-state index in [9.17, 15) is 19.5 Å². The van der Waals surface area contributed by atoms with Gasteiger partial charge in [0.05, 0.1) is 11.8 Å². The smallest absolute Gasteiger partial charge is 0.315 e. The maximum atomic E-state index is 13.7. The summed E-state index contributed by atoms with van der Waals surface area (Å²) in [6.07, 6.45) is 1.19. The van der Waals surface area contributed by atoms with Gasteiger partial charge in [-0.1, -0.05) is 84.9 Å². The molecule has 1 aliphatic carbocycles. The fourth-order valence-electron chi connectivity index (χ4n) is 6.00. The number of carboxylic acid groups (broad SMARTS) is 1. The molecule has 1 amide bonds. The lowest BCUT2D eigenvalue weighted by molar-refractivity contribution is -0.158. The van der Waals surface area contributed by atoms with E-state index in [1.807, 2.05) is 91.0 Å². The molecular formula is C33H27NO5. The summed E-state index contributed by atoms with van der Waals surface area (Å²) in [6, 6.07) is 31.9. The quantitative estimate of drug-likeness (QED) is 0.240. The molecule has 1 saturated carbocycles. The molecule has 2 aliphatic rings. The van der Waals surface area contributed by atoms with Crippen molar-refractivity contribution in [3.63, 3.8) is 0 Å². The lowest BCUT2D eigenvalue weighted by Crippen LogP contribution is -2.52. The minimum atomic E-state index is -0.928. The third-order valence-electron chi connectivity index (χ3n) is 7.87. The summed E-state index contributed by atoms with van der Waals surface area (Å²) >= 11 is 0. The van der Waals surface area contributed by atoms with Gasteiger partial charge in [-0.2, -0.15) is 0 Å². The van der Waals surface area contributed by atoms with E-state index >= 15 is 0 Å². The molecule has 4 aromatic rings. The van der Waals surface area contributed by atoms with E-state index in [2.05, 4.69) is 5.32 Å². The molecule has 194 valence electrons. The highest BCUT2D eigenvalue weighted by molar-refractivity contribution is 5.95. The third kappa shape index (κ3) is 4.70. The van der Waals surface area contributed by atoms with Gasteiger partial charge in [0.2, 0.25) is 5.91 Å². The molecule has 0 saturated heterocycles. The second-order valence-electron chi connectivity index (χ2n) is 10.1. The molecule has 1 heterocycles. The predicted molar refractivity (Wildman–Crippen MR) is 147 cm³/mol. The summed E-state index contributed by atoms with van der Waals surface area (Å²) in [5, 5.41) is 13.1. The van der Waals surface area contributed by atoms with Crippen LogP contribution in [-0.2, 0) is 20.8 Å². The Morgan fingerprint density at radius 3 is 2.00 bits per heavy atom. The Morgan fingerprint density at radius 2 is 1.36 bits per heavy atom. The normalized spacial score (nSPS) is 21.7. The Bertz CT molecular complexity index is 1500. The molecule has 2 atom stereocenters. The number of anilines is 1. The topological polar surface area (TPSA) is 92.7 Å². The number of hydrogen-bond acceptors (Lipinski definition) is 4. The van der Waals surface area contributed by atoms with Crippen molar-refractivity contribution in [1.29, 1.82) is 0 Å². The van der Waals surface area contributed by atoms with Gasteiger partial charge in [0, 0.05) is 23.9 Å². The van der Waals surface area contributed by atoms with Gasteiger partial charge in [-0.05, 0) is 52.4 Å². The van der Waals surface area contributed by atoms with Crippen LogP contribution in [0.2, 0.25) is 0 Å². The van der Waals surface area contributed by atoms with Gasteiger partial charge in [-0.25, -0.2) is 0 Å². The Morgan fingerprint density at radius 1 is 0.718 bits per heavy atom. The van der Waals surface area contributed by atoms with Crippen LogP contribution in [0.1, 0.15) is 34.9 Å². The number of esters is 1. The number of aliphatic carboxylic acids is 1. The molecule has 0 unspecified atom stereocenters. The fraction of sp³-hybridized carbons (Fsp3) is 0.182. The largest absolute Gasteiger partial charge is 0.481 e. The highest BCUT2D eigenvalue weighted by atomic mass is 16.5. The van der Waals surface area contributed by atoms with Crippen molar-refractivity contribution in [3.05, 3.63) is 120 Å². The molecule has 1 aliphatic heterocycles. The van der Waals surface area contributed by atoms with Crippen LogP contribution in [0.15, 0.2) is 103 Å². The van der Waals surface area contributed by atoms with Crippen LogP contribution in [0.25, 0.3) is 11.1 Å². The van der Waals surface area contributed by atoms with Gasteiger partial charge in [-0.15, -0.1) is 0 Å². The minimum absolute atomic E-state index is 0.00318. The molecular weight excluding hydrogens is 490 g/mol. The maximum Gasteiger partial charge on any atom is 0.315 e. The van der Waals surface area contributed by atoms with Crippen molar-refractivity contribution in [3.8, 4) is 16.9 Å².